The van der Waals surface area contributed by atoms with Crippen molar-refractivity contribution in [2.75, 3.05) is 17.7 Å². The van der Waals surface area contributed by atoms with Gasteiger partial charge in [-0.15, -0.1) is 0 Å². The molecule has 0 saturated heterocycles. The lowest BCUT2D eigenvalue weighted by molar-refractivity contribution is -0.113. The topological polar surface area (TPSA) is 73.2 Å². The molecule has 6 nitrogen and oxygen atoms in total. The number of thioether (sulfide) groups is 1. The minimum Gasteiger partial charge on any atom is -0.494 e. The Morgan fingerprint density at radius 1 is 1.06 bits per heavy atom. The summed E-state index contributed by atoms with van der Waals surface area (Å²) in [7, 11) is 0. The molecule has 0 unspecified atom stereocenters. The van der Waals surface area contributed by atoms with Gasteiger partial charge in [0, 0.05) is 10.2 Å². The third-order valence-electron chi connectivity index (χ3n) is 4.61. The van der Waals surface area contributed by atoms with E-state index in [-0.39, 0.29) is 17.2 Å². The second kappa shape index (κ2) is 10.0. The standard InChI is InChI=1S/C24H20BrN3O3S/c1-2-31-19-13-9-17(10-14-19)26-22(29)15-32-24-27-21-6-4-3-5-20(21)23(30)28(24)18-11-7-16(25)8-12-18/h3-14H,2,15H2,1H3,(H,26,29). The summed E-state index contributed by atoms with van der Waals surface area (Å²) in [5, 5.41) is 3.85. The summed E-state index contributed by atoms with van der Waals surface area (Å²) in [5.41, 5.74) is 1.79. The lowest BCUT2D eigenvalue weighted by Gasteiger charge is -2.13. The molecule has 32 heavy (non-hydrogen) atoms. The lowest BCUT2D eigenvalue weighted by Crippen LogP contribution is -2.23. The van der Waals surface area contributed by atoms with Crippen LogP contribution in [-0.2, 0) is 4.79 Å². The van der Waals surface area contributed by atoms with Gasteiger partial charge in [-0.2, -0.15) is 0 Å². The molecule has 4 rings (SSSR count). The van der Waals surface area contributed by atoms with Crippen molar-refractivity contribution >= 4 is 50.2 Å². The van der Waals surface area contributed by atoms with E-state index < -0.39 is 0 Å². The van der Waals surface area contributed by atoms with Crippen molar-refractivity contribution in [1.82, 2.24) is 9.55 Å². The molecular formula is C24H20BrN3O3S. The first-order valence-corrected chi connectivity index (χ1v) is 11.8. The fraction of sp³-hybridized carbons (Fsp3) is 0.125. The Hall–Kier alpha value is -3.10. The predicted octanol–water partition coefficient (Wildman–Crippen LogP) is 5.28. The molecule has 0 atom stereocenters. The number of aromatic nitrogens is 2. The normalized spacial score (nSPS) is 10.8. The van der Waals surface area contributed by atoms with E-state index in [9.17, 15) is 9.59 Å². The van der Waals surface area contributed by atoms with Crippen LogP contribution >= 0.6 is 27.7 Å². The Labute approximate surface area is 197 Å². The molecule has 0 radical (unpaired) electrons. The molecule has 0 aliphatic carbocycles. The number of hydrogen-bond donors (Lipinski definition) is 1. The molecule has 1 amide bonds. The maximum atomic E-state index is 13.2. The molecule has 1 heterocycles. The Morgan fingerprint density at radius 2 is 1.78 bits per heavy atom. The third-order valence-corrected chi connectivity index (χ3v) is 6.08. The van der Waals surface area contributed by atoms with Gasteiger partial charge < -0.3 is 10.1 Å². The minimum absolute atomic E-state index is 0.106. The zero-order valence-corrected chi connectivity index (χ0v) is 19.7. The number of fused-ring (bicyclic) bond motifs is 1. The van der Waals surface area contributed by atoms with Gasteiger partial charge in [-0.1, -0.05) is 39.8 Å². The van der Waals surface area contributed by atoms with E-state index in [1.165, 1.54) is 11.8 Å². The Bertz CT molecular complexity index is 1310. The molecule has 8 heteroatoms. The maximum absolute atomic E-state index is 13.2. The van der Waals surface area contributed by atoms with Gasteiger partial charge in [-0.3, -0.25) is 14.2 Å². The second-order valence-electron chi connectivity index (χ2n) is 6.82. The summed E-state index contributed by atoms with van der Waals surface area (Å²) in [5.74, 6) is 0.664. The number of carbonyl (C=O) groups is 1. The SMILES string of the molecule is CCOc1ccc(NC(=O)CSc2nc3ccccc3c(=O)n2-c2ccc(Br)cc2)cc1. The average Bonchev–Trinajstić information content (AvgIpc) is 2.80. The van der Waals surface area contributed by atoms with Crippen molar-refractivity contribution in [3.05, 3.63) is 87.6 Å². The Balaban J connectivity index is 1.59. The molecule has 1 aromatic heterocycles. The highest BCUT2D eigenvalue weighted by molar-refractivity contribution is 9.10. The number of benzene rings is 3. The number of para-hydroxylation sites is 1. The van der Waals surface area contributed by atoms with Gasteiger partial charge in [-0.05, 0) is 67.6 Å². The van der Waals surface area contributed by atoms with Crippen molar-refractivity contribution in [2.24, 2.45) is 0 Å². The Morgan fingerprint density at radius 3 is 2.50 bits per heavy atom. The van der Waals surface area contributed by atoms with Crippen LogP contribution in [0.5, 0.6) is 5.75 Å². The van der Waals surface area contributed by atoms with Gasteiger partial charge in [0.15, 0.2) is 5.16 Å². The Kier molecular flexibility index (Phi) is 6.92. The number of amides is 1. The molecule has 4 aromatic rings. The number of hydrogen-bond acceptors (Lipinski definition) is 5. The van der Waals surface area contributed by atoms with Crippen molar-refractivity contribution < 1.29 is 9.53 Å². The number of carbonyl (C=O) groups excluding carboxylic acids is 1. The third kappa shape index (κ3) is 5.03. The van der Waals surface area contributed by atoms with Gasteiger partial charge in [0.1, 0.15) is 5.75 Å². The summed E-state index contributed by atoms with van der Waals surface area (Å²) in [6, 6.07) is 21.8. The average molecular weight is 510 g/mol. The number of anilines is 1. The summed E-state index contributed by atoms with van der Waals surface area (Å²) in [6.07, 6.45) is 0. The van der Waals surface area contributed by atoms with Gasteiger partial charge in [0.05, 0.1) is 29.0 Å². The largest absolute Gasteiger partial charge is 0.494 e. The molecular weight excluding hydrogens is 490 g/mol. The van der Waals surface area contributed by atoms with Crippen LogP contribution in [0.15, 0.2) is 87.2 Å². The van der Waals surface area contributed by atoms with E-state index in [1.54, 1.807) is 28.8 Å². The number of ether oxygens (including phenoxy) is 1. The zero-order chi connectivity index (χ0) is 22.5. The van der Waals surface area contributed by atoms with Crippen LogP contribution in [0.1, 0.15) is 6.92 Å². The number of nitrogens with zero attached hydrogens (tertiary/aromatic N) is 2. The molecule has 0 fully saturated rings. The van der Waals surface area contributed by atoms with E-state index >= 15 is 0 Å². The quantitative estimate of drug-likeness (QED) is 0.271. The van der Waals surface area contributed by atoms with E-state index in [0.29, 0.717) is 34.0 Å². The first-order chi connectivity index (χ1) is 15.5. The smallest absolute Gasteiger partial charge is 0.266 e. The van der Waals surface area contributed by atoms with Crippen LogP contribution in [0.3, 0.4) is 0 Å². The highest BCUT2D eigenvalue weighted by atomic mass is 79.9. The number of nitrogens with one attached hydrogen (secondary N) is 1. The summed E-state index contributed by atoms with van der Waals surface area (Å²) in [6.45, 7) is 2.50. The lowest BCUT2D eigenvalue weighted by atomic mass is 10.2. The fourth-order valence-corrected chi connectivity index (χ4v) is 4.23. The maximum Gasteiger partial charge on any atom is 0.266 e. The summed E-state index contributed by atoms with van der Waals surface area (Å²) >= 11 is 4.64. The zero-order valence-electron chi connectivity index (χ0n) is 17.2. The molecule has 0 aliphatic rings. The highest BCUT2D eigenvalue weighted by Crippen LogP contribution is 2.23. The number of rotatable bonds is 7. The van der Waals surface area contributed by atoms with E-state index in [0.717, 1.165) is 10.2 Å². The molecule has 1 N–H and O–H groups in total. The fourth-order valence-electron chi connectivity index (χ4n) is 3.16. The molecule has 3 aromatic carbocycles. The van der Waals surface area contributed by atoms with E-state index in [2.05, 4.69) is 26.2 Å². The van der Waals surface area contributed by atoms with Crippen molar-refractivity contribution in [2.45, 2.75) is 12.1 Å². The van der Waals surface area contributed by atoms with Crippen molar-refractivity contribution in [1.29, 1.82) is 0 Å². The van der Waals surface area contributed by atoms with Crippen LogP contribution in [0.4, 0.5) is 5.69 Å². The van der Waals surface area contributed by atoms with Crippen LogP contribution in [-0.4, -0.2) is 27.8 Å². The van der Waals surface area contributed by atoms with Crippen LogP contribution in [0.25, 0.3) is 16.6 Å². The number of halogens is 1. The minimum atomic E-state index is -0.191. The van der Waals surface area contributed by atoms with E-state index in [1.807, 2.05) is 55.5 Å². The summed E-state index contributed by atoms with van der Waals surface area (Å²) in [4.78, 5) is 30.5. The van der Waals surface area contributed by atoms with Crippen molar-refractivity contribution in [3.63, 3.8) is 0 Å². The predicted molar refractivity (Wildman–Crippen MR) is 132 cm³/mol. The first kappa shape index (κ1) is 22.1. The van der Waals surface area contributed by atoms with Crippen molar-refractivity contribution in [3.8, 4) is 11.4 Å². The van der Waals surface area contributed by atoms with Crippen LogP contribution in [0, 0.1) is 0 Å². The first-order valence-electron chi connectivity index (χ1n) is 9.98. The molecule has 0 saturated carbocycles. The van der Waals surface area contributed by atoms with E-state index in [4.69, 9.17) is 4.74 Å². The van der Waals surface area contributed by atoms with Gasteiger partial charge in [0.2, 0.25) is 5.91 Å². The van der Waals surface area contributed by atoms with Gasteiger partial charge >= 0.3 is 0 Å². The van der Waals surface area contributed by atoms with Gasteiger partial charge in [-0.25, -0.2) is 4.98 Å². The molecule has 0 aliphatic heterocycles. The molecule has 0 spiro atoms. The van der Waals surface area contributed by atoms with Gasteiger partial charge in [0.25, 0.3) is 5.56 Å². The molecule has 0 bridgehead atoms. The molecule has 162 valence electrons. The monoisotopic (exact) mass is 509 g/mol. The second-order valence-corrected chi connectivity index (χ2v) is 8.68. The summed E-state index contributed by atoms with van der Waals surface area (Å²) < 4.78 is 7.87. The van der Waals surface area contributed by atoms with Crippen LogP contribution < -0.4 is 15.6 Å². The van der Waals surface area contributed by atoms with Crippen LogP contribution in [0.2, 0.25) is 0 Å². The highest BCUT2D eigenvalue weighted by Gasteiger charge is 2.15.